The Hall–Kier alpha value is -7.11. The minimum Gasteiger partial charge on any atom is -0.456 e. The van der Waals surface area contributed by atoms with Crippen molar-refractivity contribution in [2.75, 3.05) is 4.90 Å². The number of hydrogen-bond acceptors (Lipinski definition) is 5. The third-order valence-corrected chi connectivity index (χ3v) is 10.2. The Kier molecular flexibility index (Phi) is 6.18. The summed E-state index contributed by atoms with van der Waals surface area (Å²) in [5, 5.41) is 6.95. The van der Waals surface area contributed by atoms with Crippen LogP contribution in [0.5, 0.6) is 0 Å². The molecule has 0 saturated heterocycles. The maximum atomic E-state index is 6.16. The molecule has 0 N–H and O–H groups in total. The van der Waals surface area contributed by atoms with Gasteiger partial charge >= 0.3 is 0 Å². The van der Waals surface area contributed by atoms with Crippen LogP contribution in [0, 0.1) is 0 Å². The lowest BCUT2D eigenvalue weighted by Gasteiger charge is -2.35. The number of hydrogen-bond donors (Lipinski definition) is 0. The molecule has 0 spiro atoms. The minimum absolute atomic E-state index is 0.600. The molecule has 5 heteroatoms. The van der Waals surface area contributed by atoms with Gasteiger partial charge in [-0.2, -0.15) is 0 Å². The van der Waals surface area contributed by atoms with Gasteiger partial charge in [-0.1, -0.05) is 121 Å². The molecule has 1 aliphatic heterocycles. The normalized spacial score (nSPS) is 12.2. The van der Waals surface area contributed by atoms with Gasteiger partial charge in [-0.15, -0.1) is 0 Å². The van der Waals surface area contributed by atoms with Gasteiger partial charge in [-0.05, 0) is 70.3 Å². The van der Waals surface area contributed by atoms with Crippen molar-refractivity contribution in [1.82, 2.24) is 15.0 Å². The zero-order valence-electron chi connectivity index (χ0n) is 27.9. The molecule has 5 nitrogen and oxygen atoms in total. The summed E-state index contributed by atoms with van der Waals surface area (Å²) in [5.41, 5.74) is 10.1. The molecule has 0 saturated carbocycles. The van der Waals surface area contributed by atoms with Gasteiger partial charge in [-0.25, -0.2) is 15.0 Å². The monoisotopic (exact) mass is 664 g/mol. The van der Waals surface area contributed by atoms with Crippen molar-refractivity contribution in [3.8, 4) is 45.3 Å². The lowest BCUT2D eigenvalue weighted by Crippen LogP contribution is -2.16. The number of aromatic nitrogens is 3. The molecule has 11 rings (SSSR count). The molecule has 10 aromatic rings. The Morgan fingerprint density at radius 2 is 1.04 bits per heavy atom. The summed E-state index contributed by atoms with van der Waals surface area (Å²) in [6.07, 6.45) is 0. The summed E-state index contributed by atoms with van der Waals surface area (Å²) >= 11 is 0. The molecule has 242 valence electrons. The number of rotatable bonds is 4. The number of fused-ring (bicyclic) bond motifs is 7. The van der Waals surface area contributed by atoms with Crippen LogP contribution in [0.25, 0.3) is 88.8 Å². The highest BCUT2D eigenvalue weighted by atomic mass is 16.3. The van der Waals surface area contributed by atoms with Gasteiger partial charge < -0.3 is 9.32 Å². The highest BCUT2D eigenvalue weighted by Gasteiger charge is 2.29. The van der Waals surface area contributed by atoms with E-state index in [1.807, 2.05) is 60.7 Å². The van der Waals surface area contributed by atoms with Crippen molar-refractivity contribution in [3.05, 3.63) is 170 Å². The number of furan rings is 1. The van der Waals surface area contributed by atoms with Crippen LogP contribution in [0.15, 0.2) is 174 Å². The van der Waals surface area contributed by atoms with E-state index >= 15 is 0 Å². The fraction of sp³-hybridized carbons (Fsp3) is 0. The van der Waals surface area contributed by atoms with Crippen LogP contribution in [-0.4, -0.2) is 15.0 Å². The van der Waals surface area contributed by atoms with Crippen molar-refractivity contribution in [2.45, 2.75) is 0 Å². The van der Waals surface area contributed by atoms with E-state index in [2.05, 4.69) is 114 Å². The summed E-state index contributed by atoms with van der Waals surface area (Å²) in [4.78, 5) is 17.9. The number of benzene rings is 8. The average molecular weight is 665 g/mol. The fourth-order valence-electron chi connectivity index (χ4n) is 7.90. The van der Waals surface area contributed by atoms with Crippen LogP contribution in [0.4, 0.5) is 17.1 Å². The SMILES string of the molecule is c1ccc(-c2nc(-c3ccc4oc5ccccc5c4c3)nc(-c3ccccc3N3c4ccc5ccccc5c4-c4cccc5cccc3c45)n2)cc1. The molecule has 3 heterocycles. The first-order valence-corrected chi connectivity index (χ1v) is 17.5. The molecule has 0 unspecified atom stereocenters. The van der Waals surface area contributed by atoms with Crippen LogP contribution in [0.3, 0.4) is 0 Å². The van der Waals surface area contributed by atoms with Gasteiger partial charge in [0, 0.05) is 38.4 Å². The van der Waals surface area contributed by atoms with Gasteiger partial charge in [0.15, 0.2) is 17.5 Å². The second kappa shape index (κ2) is 11.2. The predicted molar refractivity (Wildman–Crippen MR) is 212 cm³/mol. The van der Waals surface area contributed by atoms with Crippen LogP contribution in [0.1, 0.15) is 0 Å². The van der Waals surface area contributed by atoms with E-state index in [1.54, 1.807) is 0 Å². The molecule has 0 amide bonds. The van der Waals surface area contributed by atoms with Crippen LogP contribution >= 0.6 is 0 Å². The van der Waals surface area contributed by atoms with E-state index in [0.29, 0.717) is 17.5 Å². The first kappa shape index (κ1) is 28.7. The third kappa shape index (κ3) is 4.33. The highest BCUT2D eigenvalue weighted by Crippen LogP contribution is 2.54. The summed E-state index contributed by atoms with van der Waals surface area (Å²) in [6.45, 7) is 0. The Balaban J connectivity index is 1.17. The van der Waals surface area contributed by atoms with E-state index in [4.69, 9.17) is 19.4 Å². The Labute approximate surface area is 299 Å². The maximum absolute atomic E-state index is 6.16. The van der Waals surface area contributed by atoms with Crippen molar-refractivity contribution in [3.63, 3.8) is 0 Å². The first-order valence-electron chi connectivity index (χ1n) is 17.5. The molecular formula is C47H28N4O. The molecule has 8 aromatic carbocycles. The van der Waals surface area contributed by atoms with Crippen LogP contribution in [-0.2, 0) is 0 Å². The minimum atomic E-state index is 0.600. The van der Waals surface area contributed by atoms with E-state index in [0.717, 1.165) is 55.7 Å². The number of para-hydroxylation sites is 2. The van der Waals surface area contributed by atoms with Crippen LogP contribution < -0.4 is 4.90 Å². The molecule has 1 aliphatic rings. The third-order valence-electron chi connectivity index (χ3n) is 10.2. The zero-order valence-corrected chi connectivity index (χ0v) is 27.9. The zero-order chi connectivity index (χ0) is 34.2. The van der Waals surface area contributed by atoms with E-state index in [-0.39, 0.29) is 0 Å². The van der Waals surface area contributed by atoms with Gasteiger partial charge in [0.25, 0.3) is 0 Å². The summed E-state index contributed by atoms with van der Waals surface area (Å²) < 4.78 is 6.16. The molecule has 0 radical (unpaired) electrons. The molecule has 2 aromatic heterocycles. The Morgan fingerprint density at radius 1 is 0.385 bits per heavy atom. The standard InChI is InChI=1S/C47H28N4O/c1-2-13-31(14-3-1)45-48-46(32-25-27-42-37(28-32)34-18-7-9-23-41(34)52-42)50-47(49-45)35-19-6-8-21-38(35)51-39-22-11-16-30-15-10-20-36(43(30)39)44-33-17-5-4-12-29(33)24-26-40(44)51/h1-28H. The van der Waals surface area contributed by atoms with E-state index in [9.17, 15) is 0 Å². The number of anilines is 3. The van der Waals surface area contributed by atoms with Crippen molar-refractivity contribution in [1.29, 1.82) is 0 Å². The summed E-state index contributed by atoms with van der Waals surface area (Å²) in [6, 6.07) is 59.2. The molecule has 0 aliphatic carbocycles. The largest absolute Gasteiger partial charge is 0.456 e. The van der Waals surface area contributed by atoms with Gasteiger partial charge in [0.05, 0.1) is 17.1 Å². The second-order valence-electron chi connectivity index (χ2n) is 13.2. The van der Waals surface area contributed by atoms with Crippen molar-refractivity contribution < 1.29 is 4.42 Å². The Morgan fingerprint density at radius 3 is 1.94 bits per heavy atom. The lowest BCUT2D eigenvalue weighted by molar-refractivity contribution is 0.669. The fourth-order valence-corrected chi connectivity index (χ4v) is 7.90. The average Bonchev–Trinajstić information content (AvgIpc) is 3.59. The second-order valence-corrected chi connectivity index (χ2v) is 13.2. The van der Waals surface area contributed by atoms with Gasteiger partial charge in [-0.3, -0.25) is 0 Å². The highest BCUT2D eigenvalue weighted by molar-refractivity contribution is 6.19. The van der Waals surface area contributed by atoms with Crippen molar-refractivity contribution in [2.24, 2.45) is 0 Å². The van der Waals surface area contributed by atoms with E-state index < -0.39 is 0 Å². The van der Waals surface area contributed by atoms with Crippen LogP contribution in [0.2, 0.25) is 0 Å². The van der Waals surface area contributed by atoms with Gasteiger partial charge in [0.1, 0.15) is 11.2 Å². The van der Waals surface area contributed by atoms with E-state index in [1.165, 1.54) is 32.7 Å². The summed E-state index contributed by atoms with van der Waals surface area (Å²) in [5.74, 6) is 1.82. The van der Waals surface area contributed by atoms with Crippen molar-refractivity contribution >= 4 is 60.5 Å². The Bertz CT molecular complexity index is 3030. The molecular weight excluding hydrogens is 637 g/mol. The first-order chi connectivity index (χ1) is 25.8. The predicted octanol–water partition coefficient (Wildman–Crippen LogP) is 12.5. The molecule has 0 fully saturated rings. The van der Waals surface area contributed by atoms with Gasteiger partial charge in [0.2, 0.25) is 0 Å². The lowest BCUT2D eigenvalue weighted by atomic mass is 9.87. The molecule has 0 bridgehead atoms. The smallest absolute Gasteiger partial charge is 0.166 e. The molecule has 52 heavy (non-hydrogen) atoms. The number of nitrogens with zero attached hydrogens (tertiary/aromatic N) is 4. The topological polar surface area (TPSA) is 55.1 Å². The summed E-state index contributed by atoms with van der Waals surface area (Å²) in [7, 11) is 0. The maximum Gasteiger partial charge on any atom is 0.166 e. The molecule has 0 atom stereocenters. The quantitative estimate of drug-likeness (QED) is 0.187.